The van der Waals surface area contributed by atoms with E-state index in [0.29, 0.717) is 11.3 Å². The summed E-state index contributed by atoms with van der Waals surface area (Å²) in [5, 5.41) is 30.6. The quantitative estimate of drug-likeness (QED) is 0.184. The number of hydrogen-bond acceptors (Lipinski definition) is 12. The maximum Gasteiger partial charge on any atom is 0.361 e. The molecule has 202 valence electrons. The Labute approximate surface area is 211 Å². The van der Waals surface area contributed by atoms with E-state index in [9.17, 15) is 24.6 Å². The largest absolute Gasteiger partial charge is 0.387 e. The fraction of sp³-hybridized carbons (Fsp3) is 0.789. The van der Waals surface area contributed by atoms with Gasteiger partial charge < -0.3 is 44.3 Å². The first-order valence-electron chi connectivity index (χ1n) is 11.3. The van der Waals surface area contributed by atoms with Gasteiger partial charge in [-0.25, -0.2) is 0 Å². The Hall–Kier alpha value is -1.52. The Balaban J connectivity index is 1.56. The molecule has 2 aromatic heterocycles. The van der Waals surface area contributed by atoms with E-state index in [1.165, 1.54) is 18.9 Å². The van der Waals surface area contributed by atoms with Gasteiger partial charge in [-0.3, -0.25) is 4.57 Å². The molecule has 36 heavy (non-hydrogen) atoms. The zero-order chi connectivity index (χ0) is 26.1. The predicted octanol–water partition coefficient (Wildman–Crippen LogP) is 0.0318. The molecule has 0 amide bonds. The molecule has 3 heterocycles. The van der Waals surface area contributed by atoms with Crippen LogP contribution < -0.4 is 5.32 Å². The molecule has 4 atom stereocenters. The summed E-state index contributed by atoms with van der Waals surface area (Å²) in [6.45, 7) is -1.47. The van der Waals surface area contributed by atoms with Crippen LogP contribution in [0.2, 0.25) is 5.28 Å². The van der Waals surface area contributed by atoms with Gasteiger partial charge in [0.05, 0.1) is 19.8 Å². The van der Waals surface area contributed by atoms with Crippen LogP contribution in [0, 0.1) is 0 Å². The van der Waals surface area contributed by atoms with Crippen molar-refractivity contribution in [2.45, 2.75) is 61.6 Å². The van der Waals surface area contributed by atoms with Crippen molar-refractivity contribution in [3.8, 4) is 0 Å². The second kappa shape index (κ2) is 11.1. The van der Waals surface area contributed by atoms with E-state index in [0.717, 1.165) is 25.7 Å². The number of ether oxygens (including phenoxy) is 4. The first kappa shape index (κ1) is 27.5. The Bertz CT molecular complexity index is 1090. The summed E-state index contributed by atoms with van der Waals surface area (Å²) in [5.41, 5.74) is 0.494. The molecular weight excluding hydrogens is 523 g/mol. The predicted molar refractivity (Wildman–Crippen MR) is 124 cm³/mol. The van der Waals surface area contributed by atoms with Gasteiger partial charge in [0, 0.05) is 20.3 Å². The summed E-state index contributed by atoms with van der Waals surface area (Å²) in [5.74, 6) is 0.404. The van der Waals surface area contributed by atoms with Crippen molar-refractivity contribution >= 4 is 36.2 Å². The van der Waals surface area contributed by atoms with E-state index in [-0.39, 0.29) is 17.0 Å². The topological polar surface area (TPSA) is 203 Å². The normalized spacial score (nSPS) is 25.8. The number of rotatable bonds is 11. The average Bonchev–Trinajstić information content (AvgIpc) is 3.53. The van der Waals surface area contributed by atoms with Gasteiger partial charge in [-0.2, -0.15) is 14.6 Å². The van der Waals surface area contributed by atoms with Crippen LogP contribution in [0.1, 0.15) is 31.9 Å². The molecule has 0 radical (unpaired) electrons. The minimum Gasteiger partial charge on any atom is -0.387 e. The van der Waals surface area contributed by atoms with Crippen molar-refractivity contribution in [2.24, 2.45) is 0 Å². The van der Waals surface area contributed by atoms with Crippen LogP contribution in [0.4, 0.5) is 5.82 Å². The number of methoxy groups -OCH3 is 2. The van der Waals surface area contributed by atoms with Crippen molar-refractivity contribution in [1.82, 2.24) is 25.0 Å². The van der Waals surface area contributed by atoms with Crippen LogP contribution in [-0.2, 0) is 23.5 Å². The fourth-order valence-corrected chi connectivity index (χ4v) is 5.48. The van der Waals surface area contributed by atoms with Gasteiger partial charge in [-0.05, 0) is 24.4 Å². The SMILES string of the molecule is COCC(COC)(OC[C@H]1O[C@@H](n2nnc3c(NC4CCCC4)nc(Cl)nc32)[C@H](O)[C@@H]1O)P(=O)(O)O. The van der Waals surface area contributed by atoms with Crippen molar-refractivity contribution in [3.05, 3.63) is 5.28 Å². The lowest BCUT2D eigenvalue weighted by Crippen LogP contribution is -2.45. The van der Waals surface area contributed by atoms with Gasteiger partial charge in [0.1, 0.15) is 18.3 Å². The first-order valence-corrected chi connectivity index (χ1v) is 13.3. The van der Waals surface area contributed by atoms with E-state index >= 15 is 0 Å². The van der Waals surface area contributed by atoms with Crippen LogP contribution in [-0.4, -0.2) is 109 Å². The minimum atomic E-state index is -4.89. The molecule has 17 heteroatoms. The van der Waals surface area contributed by atoms with Gasteiger partial charge in [-0.15, -0.1) is 5.10 Å². The van der Waals surface area contributed by atoms with Crippen LogP contribution in [0.5, 0.6) is 0 Å². The molecule has 2 fully saturated rings. The van der Waals surface area contributed by atoms with Crippen molar-refractivity contribution in [2.75, 3.05) is 39.4 Å². The van der Waals surface area contributed by atoms with E-state index in [4.69, 9.17) is 30.5 Å². The maximum absolute atomic E-state index is 12.2. The second-order valence-electron chi connectivity index (χ2n) is 8.89. The van der Waals surface area contributed by atoms with E-state index in [1.807, 2.05) is 0 Å². The summed E-state index contributed by atoms with van der Waals surface area (Å²) in [4.78, 5) is 28.2. The minimum absolute atomic E-state index is 0.0648. The molecule has 1 saturated heterocycles. The lowest BCUT2D eigenvalue weighted by molar-refractivity contribution is -0.129. The van der Waals surface area contributed by atoms with Gasteiger partial charge >= 0.3 is 7.60 Å². The molecular formula is C19H30ClN6O9P. The first-order chi connectivity index (χ1) is 17.1. The number of fused-ring (bicyclic) bond motifs is 1. The Morgan fingerprint density at radius 2 is 1.83 bits per heavy atom. The third-order valence-electron chi connectivity index (χ3n) is 6.36. The monoisotopic (exact) mass is 552 g/mol. The van der Waals surface area contributed by atoms with Crippen LogP contribution in [0.3, 0.4) is 0 Å². The van der Waals surface area contributed by atoms with Gasteiger partial charge in [-0.1, -0.05) is 18.1 Å². The third-order valence-corrected chi connectivity index (χ3v) is 7.98. The van der Waals surface area contributed by atoms with Crippen molar-refractivity contribution in [3.63, 3.8) is 0 Å². The summed E-state index contributed by atoms with van der Waals surface area (Å²) in [7, 11) is -2.38. The van der Waals surface area contributed by atoms with Gasteiger partial charge in [0.15, 0.2) is 23.2 Å². The Kier molecular flexibility index (Phi) is 8.46. The lowest BCUT2D eigenvalue weighted by Gasteiger charge is -2.33. The van der Waals surface area contributed by atoms with Crippen molar-refractivity contribution in [1.29, 1.82) is 0 Å². The zero-order valence-electron chi connectivity index (χ0n) is 19.7. The number of aromatic nitrogens is 5. The highest BCUT2D eigenvalue weighted by Gasteiger charge is 2.52. The van der Waals surface area contributed by atoms with E-state index < -0.39 is 57.3 Å². The van der Waals surface area contributed by atoms with Crippen LogP contribution in [0.15, 0.2) is 0 Å². The number of hydrogen-bond donors (Lipinski definition) is 5. The fourth-order valence-electron chi connectivity index (χ4n) is 4.47. The molecule has 0 aromatic carbocycles. The molecule has 0 spiro atoms. The molecule has 0 bridgehead atoms. The molecule has 1 aliphatic heterocycles. The summed E-state index contributed by atoms with van der Waals surface area (Å²) in [6.07, 6.45) is -1.22. The number of anilines is 1. The smallest absolute Gasteiger partial charge is 0.361 e. The number of nitrogens with one attached hydrogen (secondary N) is 1. The number of aliphatic hydroxyl groups excluding tert-OH is 2. The Morgan fingerprint density at radius 3 is 2.44 bits per heavy atom. The number of halogens is 1. The second-order valence-corrected chi connectivity index (χ2v) is 11.1. The van der Waals surface area contributed by atoms with E-state index in [2.05, 4.69) is 25.6 Å². The summed E-state index contributed by atoms with van der Waals surface area (Å²) < 4.78 is 34.6. The Morgan fingerprint density at radius 1 is 1.17 bits per heavy atom. The standard InChI is InChI=1S/C19H30ClN6O9P/c1-32-8-19(9-33-2,36(29,30)31)34-7-11-13(27)14(28)17(35-11)26-16-12(24-25-26)15(22-18(20)23-16)21-10-5-3-4-6-10/h10-11,13-14,17,27-28H,3-9H2,1-2H3,(H,21,22,23)(H2,29,30,31)/t11-,13-,14-,17-/m1/s1. The summed E-state index contributed by atoms with van der Waals surface area (Å²) >= 11 is 6.14. The molecule has 15 nitrogen and oxygen atoms in total. The number of aliphatic hydroxyl groups is 2. The highest BCUT2D eigenvalue weighted by Crippen LogP contribution is 2.52. The van der Waals surface area contributed by atoms with Crippen LogP contribution >= 0.6 is 19.2 Å². The van der Waals surface area contributed by atoms with Gasteiger partial charge in [0.2, 0.25) is 10.6 Å². The highest BCUT2D eigenvalue weighted by atomic mass is 35.5. The zero-order valence-corrected chi connectivity index (χ0v) is 21.4. The van der Waals surface area contributed by atoms with Crippen molar-refractivity contribution < 1.29 is 43.5 Å². The van der Waals surface area contributed by atoms with Crippen LogP contribution in [0.25, 0.3) is 11.2 Å². The average molecular weight is 553 g/mol. The lowest BCUT2D eigenvalue weighted by atomic mass is 10.1. The summed E-state index contributed by atoms with van der Waals surface area (Å²) in [6, 6.07) is 0.217. The molecule has 2 aromatic rings. The number of nitrogens with zero attached hydrogens (tertiary/aromatic N) is 5. The molecule has 5 N–H and O–H groups in total. The molecule has 1 aliphatic carbocycles. The van der Waals surface area contributed by atoms with Gasteiger partial charge in [0.25, 0.3) is 0 Å². The molecule has 2 aliphatic rings. The molecule has 1 saturated carbocycles. The molecule has 4 rings (SSSR count). The highest BCUT2D eigenvalue weighted by molar-refractivity contribution is 7.53. The molecule has 0 unspecified atom stereocenters. The maximum atomic E-state index is 12.2. The third kappa shape index (κ3) is 5.36. The van der Waals surface area contributed by atoms with E-state index in [1.54, 1.807) is 0 Å².